The van der Waals surface area contributed by atoms with E-state index in [9.17, 15) is 10.1 Å². The Hall–Kier alpha value is -2.58. The summed E-state index contributed by atoms with van der Waals surface area (Å²) in [6.45, 7) is 0. The van der Waals surface area contributed by atoms with Gasteiger partial charge in [0, 0.05) is 28.5 Å². The van der Waals surface area contributed by atoms with Crippen molar-refractivity contribution in [1.82, 2.24) is 14.9 Å². The zero-order valence-corrected chi connectivity index (χ0v) is 13.9. The van der Waals surface area contributed by atoms with Crippen molar-refractivity contribution < 1.29 is 4.92 Å². The second-order valence-electron chi connectivity index (χ2n) is 4.90. The van der Waals surface area contributed by atoms with Crippen LogP contribution in [0.25, 0.3) is 11.4 Å². The highest BCUT2D eigenvalue weighted by atomic mass is 35.5. The highest BCUT2D eigenvalue weighted by Gasteiger charge is 2.13. The van der Waals surface area contributed by atoms with Gasteiger partial charge in [0.25, 0.3) is 5.69 Å². The summed E-state index contributed by atoms with van der Waals surface area (Å²) in [5, 5.41) is 20.1. The number of rotatable bonds is 5. The van der Waals surface area contributed by atoms with Crippen LogP contribution in [0.2, 0.25) is 5.02 Å². The van der Waals surface area contributed by atoms with Crippen molar-refractivity contribution in [3.8, 4) is 11.4 Å². The van der Waals surface area contributed by atoms with Crippen molar-refractivity contribution in [2.75, 3.05) is 5.84 Å². The molecule has 1 heterocycles. The molecule has 9 heteroatoms. The van der Waals surface area contributed by atoms with Crippen LogP contribution < -0.4 is 5.84 Å². The van der Waals surface area contributed by atoms with E-state index in [1.165, 1.54) is 28.6 Å². The van der Waals surface area contributed by atoms with Gasteiger partial charge >= 0.3 is 0 Å². The molecule has 7 nitrogen and oxygen atoms in total. The lowest BCUT2D eigenvalue weighted by Crippen LogP contribution is -2.11. The monoisotopic (exact) mass is 361 g/mol. The standard InChI is InChI=1S/C15H12ClN5O2S/c16-12-5-2-4-11(8-12)14-18-19-15(20(14)17)24-9-10-3-1-6-13(7-10)21(22)23/h1-8H,9,17H2. The molecule has 0 amide bonds. The topological polar surface area (TPSA) is 99.9 Å². The van der Waals surface area contributed by atoms with Crippen LogP contribution in [0.3, 0.4) is 0 Å². The number of benzene rings is 2. The average molecular weight is 362 g/mol. The van der Waals surface area contributed by atoms with Gasteiger partial charge in [-0.25, -0.2) is 4.68 Å². The summed E-state index contributed by atoms with van der Waals surface area (Å²) in [6, 6.07) is 13.6. The van der Waals surface area contributed by atoms with Crippen LogP contribution in [0.5, 0.6) is 0 Å². The van der Waals surface area contributed by atoms with E-state index in [1.807, 2.05) is 18.2 Å². The fourth-order valence-corrected chi connectivity index (χ4v) is 3.10. The largest absolute Gasteiger partial charge is 0.335 e. The molecule has 3 rings (SSSR count). The maximum Gasteiger partial charge on any atom is 0.269 e. The molecule has 0 unspecified atom stereocenters. The van der Waals surface area contributed by atoms with Gasteiger partial charge in [0.1, 0.15) is 0 Å². The van der Waals surface area contributed by atoms with Gasteiger partial charge in [-0.15, -0.1) is 10.2 Å². The average Bonchev–Trinajstić information content (AvgIpc) is 2.94. The Balaban J connectivity index is 1.77. The smallest absolute Gasteiger partial charge is 0.269 e. The first-order valence-electron chi connectivity index (χ1n) is 6.87. The summed E-state index contributed by atoms with van der Waals surface area (Å²) < 4.78 is 1.38. The highest BCUT2D eigenvalue weighted by molar-refractivity contribution is 7.98. The van der Waals surface area contributed by atoms with Gasteiger partial charge in [-0.05, 0) is 17.7 Å². The molecular weight excluding hydrogens is 350 g/mol. The molecule has 0 saturated carbocycles. The third kappa shape index (κ3) is 3.50. The molecule has 0 aliphatic rings. The van der Waals surface area contributed by atoms with E-state index >= 15 is 0 Å². The molecule has 3 aromatic rings. The molecule has 0 aliphatic carbocycles. The minimum absolute atomic E-state index is 0.0573. The van der Waals surface area contributed by atoms with Gasteiger partial charge in [0.2, 0.25) is 5.16 Å². The van der Waals surface area contributed by atoms with E-state index in [-0.39, 0.29) is 5.69 Å². The molecule has 0 saturated heterocycles. The fourth-order valence-electron chi connectivity index (χ4n) is 2.11. The summed E-state index contributed by atoms with van der Waals surface area (Å²) in [6.07, 6.45) is 0. The third-order valence-corrected chi connectivity index (χ3v) is 4.49. The van der Waals surface area contributed by atoms with E-state index < -0.39 is 4.92 Å². The molecule has 24 heavy (non-hydrogen) atoms. The van der Waals surface area contributed by atoms with Crippen molar-refractivity contribution in [2.24, 2.45) is 0 Å². The first-order valence-corrected chi connectivity index (χ1v) is 8.23. The van der Waals surface area contributed by atoms with Crippen molar-refractivity contribution in [2.45, 2.75) is 10.9 Å². The van der Waals surface area contributed by atoms with Gasteiger partial charge < -0.3 is 5.84 Å². The van der Waals surface area contributed by atoms with E-state index in [4.69, 9.17) is 17.4 Å². The Morgan fingerprint density at radius 1 is 1.21 bits per heavy atom. The predicted molar refractivity (Wildman–Crippen MR) is 93.3 cm³/mol. The lowest BCUT2D eigenvalue weighted by Gasteiger charge is -2.04. The zero-order chi connectivity index (χ0) is 17.1. The number of nitro benzene ring substituents is 1. The summed E-state index contributed by atoms with van der Waals surface area (Å²) in [4.78, 5) is 10.4. The van der Waals surface area contributed by atoms with Crippen LogP contribution in [0, 0.1) is 10.1 Å². The van der Waals surface area contributed by atoms with Crippen molar-refractivity contribution >= 4 is 29.1 Å². The maximum atomic E-state index is 10.8. The van der Waals surface area contributed by atoms with Crippen LogP contribution in [0.1, 0.15) is 5.56 Å². The Morgan fingerprint density at radius 2 is 2.00 bits per heavy atom. The number of hydrogen-bond donors (Lipinski definition) is 1. The van der Waals surface area contributed by atoms with Crippen molar-refractivity contribution in [1.29, 1.82) is 0 Å². The molecule has 1 aromatic heterocycles. The fraction of sp³-hybridized carbons (Fsp3) is 0.0667. The number of thioether (sulfide) groups is 1. The van der Waals surface area contributed by atoms with E-state index in [0.717, 1.165) is 11.1 Å². The molecule has 2 N–H and O–H groups in total. The third-order valence-electron chi connectivity index (χ3n) is 3.24. The number of nitrogens with two attached hydrogens (primary N) is 1. The number of hydrogen-bond acceptors (Lipinski definition) is 6. The number of nitrogens with zero attached hydrogens (tertiary/aromatic N) is 4. The van der Waals surface area contributed by atoms with Gasteiger partial charge in [-0.3, -0.25) is 10.1 Å². The molecule has 0 spiro atoms. The predicted octanol–water partition coefficient (Wildman–Crippen LogP) is 3.51. The summed E-state index contributed by atoms with van der Waals surface area (Å²) in [5.41, 5.74) is 1.63. The van der Waals surface area contributed by atoms with Crippen molar-refractivity contribution in [3.05, 3.63) is 69.2 Å². The number of nitro groups is 1. The second kappa shape index (κ2) is 6.90. The summed E-state index contributed by atoms with van der Waals surface area (Å²) in [5.74, 6) is 7.04. The van der Waals surface area contributed by atoms with Crippen LogP contribution in [0.15, 0.2) is 53.7 Å². The van der Waals surface area contributed by atoms with E-state index in [0.29, 0.717) is 21.8 Å². The quantitative estimate of drug-likeness (QED) is 0.323. The minimum atomic E-state index is -0.420. The molecule has 122 valence electrons. The number of halogens is 1. The first-order chi connectivity index (χ1) is 11.5. The van der Waals surface area contributed by atoms with Crippen LogP contribution in [-0.4, -0.2) is 19.8 Å². The number of non-ortho nitro benzene ring substituents is 1. The van der Waals surface area contributed by atoms with E-state index in [2.05, 4.69) is 10.2 Å². The molecule has 0 aliphatic heterocycles. The number of aromatic nitrogens is 3. The van der Waals surface area contributed by atoms with Crippen LogP contribution >= 0.6 is 23.4 Å². The van der Waals surface area contributed by atoms with Gasteiger partial charge in [-0.1, -0.05) is 47.6 Å². The summed E-state index contributed by atoms with van der Waals surface area (Å²) >= 11 is 7.33. The van der Waals surface area contributed by atoms with E-state index in [1.54, 1.807) is 18.2 Å². The Labute approximate surface area is 146 Å². The molecule has 2 aromatic carbocycles. The van der Waals surface area contributed by atoms with Gasteiger partial charge in [0.05, 0.1) is 4.92 Å². The SMILES string of the molecule is Nn1c(SCc2cccc([N+](=O)[O-])c2)nnc1-c1cccc(Cl)c1. The van der Waals surface area contributed by atoms with Crippen molar-refractivity contribution in [3.63, 3.8) is 0 Å². The molecule has 0 bridgehead atoms. The maximum absolute atomic E-state index is 10.8. The normalized spacial score (nSPS) is 10.7. The lowest BCUT2D eigenvalue weighted by atomic mass is 10.2. The van der Waals surface area contributed by atoms with Gasteiger partial charge in [-0.2, -0.15) is 0 Å². The Morgan fingerprint density at radius 3 is 2.75 bits per heavy atom. The second-order valence-corrected chi connectivity index (χ2v) is 6.28. The summed E-state index contributed by atoms with van der Waals surface area (Å²) in [7, 11) is 0. The molecule has 0 radical (unpaired) electrons. The molecule has 0 fully saturated rings. The lowest BCUT2D eigenvalue weighted by molar-refractivity contribution is -0.384. The molecular formula is C15H12ClN5O2S. The zero-order valence-electron chi connectivity index (χ0n) is 12.3. The Kier molecular flexibility index (Phi) is 4.68. The highest BCUT2D eigenvalue weighted by Crippen LogP contribution is 2.26. The first kappa shape index (κ1) is 16.3. The Bertz CT molecular complexity index is 899. The van der Waals surface area contributed by atoms with Gasteiger partial charge in [0.15, 0.2) is 5.82 Å². The van der Waals surface area contributed by atoms with Crippen LogP contribution in [0.4, 0.5) is 5.69 Å². The number of nitrogen functional groups attached to an aromatic ring is 1. The minimum Gasteiger partial charge on any atom is -0.335 e. The van der Waals surface area contributed by atoms with Crippen LogP contribution in [-0.2, 0) is 5.75 Å². The molecule has 0 atom stereocenters.